The number of amides is 1. The molecular weight excluding hydrogens is 408 g/mol. The van der Waals surface area contributed by atoms with E-state index in [9.17, 15) is 9.90 Å². The summed E-state index contributed by atoms with van der Waals surface area (Å²) in [6.07, 6.45) is 3.20. The molecule has 6 heteroatoms. The zero-order chi connectivity index (χ0) is 21.5. The van der Waals surface area contributed by atoms with Crippen LogP contribution in [0, 0.1) is 5.41 Å². The summed E-state index contributed by atoms with van der Waals surface area (Å²) in [4.78, 5) is 19.6. The van der Waals surface area contributed by atoms with Gasteiger partial charge in [0.25, 0.3) is 5.91 Å². The lowest BCUT2D eigenvalue weighted by atomic mass is 9.78. The maximum atomic E-state index is 13.1. The van der Waals surface area contributed by atoms with Crippen LogP contribution in [-0.2, 0) is 6.42 Å². The minimum Gasteiger partial charge on any atom is -0.494 e. The van der Waals surface area contributed by atoms with E-state index in [2.05, 4.69) is 17.1 Å². The zero-order valence-corrected chi connectivity index (χ0v) is 18.4. The van der Waals surface area contributed by atoms with Gasteiger partial charge in [0.15, 0.2) is 0 Å². The largest absolute Gasteiger partial charge is 0.494 e. The quantitative estimate of drug-likeness (QED) is 0.568. The summed E-state index contributed by atoms with van der Waals surface area (Å²) < 4.78 is 5.85. The Morgan fingerprint density at radius 2 is 1.87 bits per heavy atom. The molecular formula is C25H28N2O3S. The van der Waals surface area contributed by atoms with Crippen LogP contribution >= 0.6 is 11.3 Å². The summed E-state index contributed by atoms with van der Waals surface area (Å²) in [7, 11) is 0. The summed E-state index contributed by atoms with van der Waals surface area (Å²) in [6.45, 7) is 1.80. The Morgan fingerprint density at radius 3 is 2.61 bits per heavy atom. The van der Waals surface area contributed by atoms with Gasteiger partial charge in [0, 0.05) is 30.3 Å². The van der Waals surface area contributed by atoms with Gasteiger partial charge >= 0.3 is 0 Å². The Hall–Kier alpha value is -2.70. The van der Waals surface area contributed by atoms with Crippen molar-refractivity contribution in [1.29, 1.82) is 0 Å². The standard InChI is InChI=1S/C25H28N2O3S/c28-19-25(13-15-30-21-10-5-2-6-11-21)12-7-14-27(18-25)24(29)22-17-31-23(26-22)16-20-8-3-1-4-9-20/h1-6,8-11,17,28H,7,12-16,18-19H2/t25-/m1/s1. The van der Waals surface area contributed by atoms with E-state index >= 15 is 0 Å². The summed E-state index contributed by atoms with van der Waals surface area (Å²) in [5.74, 6) is 0.782. The number of ether oxygens (including phenoxy) is 1. The minimum atomic E-state index is -0.328. The van der Waals surface area contributed by atoms with E-state index in [0.29, 0.717) is 31.8 Å². The number of piperidine rings is 1. The molecule has 1 saturated heterocycles. The fraction of sp³-hybridized carbons (Fsp3) is 0.360. The normalized spacial score (nSPS) is 18.7. The molecule has 1 aliphatic heterocycles. The van der Waals surface area contributed by atoms with Gasteiger partial charge in [-0.05, 0) is 37.0 Å². The minimum absolute atomic E-state index is 0.0444. The molecule has 0 aliphatic carbocycles. The van der Waals surface area contributed by atoms with Crippen molar-refractivity contribution >= 4 is 17.2 Å². The van der Waals surface area contributed by atoms with Crippen LogP contribution in [0.15, 0.2) is 66.0 Å². The molecule has 4 rings (SSSR count). The van der Waals surface area contributed by atoms with Crippen molar-refractivity contribution in [2.24, 2.45) is 5.41 Å². The van der Waals surface area contributed by atoms with Crippen LogP contribution in [0.3, 0.4) is 0 Å². The van der Waals surface area contributed by atoms with Crippen molar-refractivity contribution in [2.75, 3.05) is 26.3 Å². The number of aliphatic hydroxyl groups excluding tert-OH is 1. The average molecular weight is 437 g/mol. The fourth-order valence-electron chi connectivity index (χ4n) is 4.12. The van der Waals surface area contributed by atoms with E-state index in [-0.39, 0.29) is 17.9 Å². The van der Waals surface area contributed by atoms with Gasteiger partial charge < -0.3 is 14.7 Å². The Morgan fingerprint density at radius 1 is 1.13 bits per heavy atom. The van der Waals surface area contributed by atoms with E-state index < -0.39 is 0 Å². The first-order chi connectivity index (χ1) is 15.2. The van der Waals surface area contributed by atoms with Gasteiger partial charge in [-0.15, -0.1) is 11.3 Å². The number of thiazole rings is 1. The molecule has 31 heavy (non-hydrogen) atoms. The smallest absolute Gasteiger partial charge is 0.273 e. The van der Waals surface area contributed by atoms with E-state index in [1.807, 2.05) is 58.8 Å². The van der Waals surface area contributed by atoms with Crippen LogP contribution in [0.25, 0.3) is 0 Å². The van der Waals surface area contributed by atoms with Crippen LogP contribution in [0.2, 0.25) is 0 Å². The van der Waals surface area contributed by atoms with Crippen molar-refractivity contribution in [3.8, 4) is 5.75 Å². The predicted molar refractivity (Wildman–Crippen MR) is 123 cm³/mol. The summed E-state index contributed by atoms with van der Waals surface area (Å²) in [5.41, 5.74) is 1.36. The lowest BCUT2D eigenvalue weighted by molar-refractivity contribution is 0.0153. The van der Waals surface area contributed by atoms with Crippen molar-refractivity contribution in [3.63, 3.8) is 0 Å². The van der Waals surface area contributed by atoms with E-state index in [1.54, 1.807) is 0 Å². The third-order valence-corrected chi connectivity index (χ3v) is 6.75. The van der Waals surface area contributed by atoms with E-state index in [4.69, 9.17) is 4.74 Å². The molecule has 2 aromatic carbocycles. The highest BCUT2D eigenvalue weighted by atomic mass is 32.1. The first kappa shape index (κ1) is 21.5. The Kier molecular flexibility index (Phi) is 6.99. The predicted octanol–water partition coefficient (Wildman–Crippen LogP) is 4.42. The second-order valence-corrected chi connectivity index (χ2v) is 9.13. The number of nitrogens with zero attached hydrogens (tertiary/aromatic N) is 2. The third kappa shape index (κ3) is 5.51. The van der Waals surface area contributed by atoms with Gasteiger partial charge in [0.05, 0.1) is 18.2 Å². The molecule has 1 fully saturated rings. The molecule has 1 aliphatic rings. The molecule has 0 radical (unpaired) electrons. The van der Waals surface area contributed by atoms with E-state index in [1.165, 1.54) is 16.9 Å². The number of hydrogen-bond acceptors (Lipinski definition) is 5. The summed E-state index contributed by atoms with van der Waals surface area (Å²) in [6, 6.07) is 19.9. The molecule has 0 saturated carbocycles. The van der Waals surface area contributed by atoms with Crippen LogP contribution in [0.5, 0.6) is 5.75 Å². The fourth-order valence-corrected chi connectivity index (χ4v) is 4.92. The zero-order valence-electron chi connectivity index (χ0n) is 17.6. The monoisotopic (exact) mass is 436 g/mol. The molecule has 0 spiro atoms. The molecule has 1 N–H and O–H groups in total. The van der Waals surface area contributed by atoms with Crippen molar-refractivity contribution in [2.45, 2.75) is 25.7 Å². The van der Waals surface area contributed by atoms with Gasteiger partial charge in [-0.25, -0.2) is 4.98 Å². The van der Waals surface area contributed by atoms with Gasteiger partial charge in [-0.1, -0.05) is 48.5 Å². The maximum Gasteiger partial charge on any atom is 0.273 e. The molecule has 3 aromatic rings. The highest BCUT2D eigenvalue weighted by Crippen LogP contribution is 2.34. The van der Waals surface area contributed by atoms with Crippen LogP contribution in [0.1, 0.15) is 40.3 Å². The summed E-state index contributed by atoms with van der Waals surface area (Å²) in [5, 5.41) is 13.0. The molecule has 5 nitrogen and oxygen atoms in total. The number of benzene rings is 2. The second-order valence-electron chi connectivity index (χ2n) is 8.19. The van der Waals surface area contributed by atoms with Gasteiger partial charge in [-0.2, -0.15) is 0 Å². The van der Waals surface area contributed by atoms with Crippen molar-refractivity contribution < 1.29 is 14.6 Å². The molecule has 2 heterocycles. The Bertz CT molecular complexity index is 977. The number of aliphatic hydroxyl groups is 1. The van der Waals surface area contributed by atoms with Crippen molar-refractivity contribution in [3.05, 3.63) is 82.3 Å². The van der Waals surface area contributed by atoms with Crippen LogP contribution in [0.4, 0.5) is 0 Å². The first-order valence-corrected chi connectivity index (χ1v) is 11.6. The number of rotatable bonds is 8. The Labute approximate surface area is 187 Å². The topological polar surface area (TPSA) is 62.7 Å². The molecule has 1 amide bonds. The number of carbonyl (C=O) groups is 1. The lowest BCUT2D eigenvalue weighted by Gasteiger charge is -2.41. The average Bonchev–Trinajstić information content (AvgIpc) is 3.28. The number of hydrogen-bond donors (Lipinski definition) is 1. The SMILES string of the molecule is O=C(c1csc(Cc2ccccc2)n1)N1CCC[C@@](CO)(CCOc2ccccc2)C1. The highest BCUT2D eigenvalue weighted by molar-refractivity contribution is 7.09. The maximum absolute atomic E-state index is 13.1. The number of carbonyl (C=O) groups excluding carboxylic acids is 1. The number of aromatic nitrogens is 1. The van der Waals surface area contributed by atoms with Gasteiger partial charge in [0.1, 0.15) is 11.4 Å². The number of likely N-dealkylation sites (tertiary alicyclic amines) is 1. The third-order valence-electron chi connectivity index (χ3n) is 5.90. The molecule has 1 atom stereocenters. The molecule has 0 unspecified atom stereocenters. The van der Waals surface area contributed by atoms with Crippen molar-refractivity contribution in [1.82, 2.24) is 9.88 Å². The lowest BCUT2D eigenvalue weighted by Crippen LogP contribution is -2.48. The first-order valence-electron chi connectivity index (χ1n) is 10.7. The second kappa shape index (κ2) is 10.1. The Balaban J connectivity index is 1.37. The van der Waals surface area contributed by atoms with Crippen LogP contribution in [-0.4, -0.2) is 47.2 Å². The van der Waals surface area contributed by atoms with Gasteiger partial charge in [-0.3, -0.25) is 4.79 Å². The molecule has 1 aromatic heterocycles. The molecule has 0 bridgehead atoms. The molecule has 162 valence electrons. The van der Waals surface area contributed by atoms with Crippen LogP contribution < -0.4 is 4.74 Å². The van der Waals surface area contributed by atoms with E-state index in [0.717, 1.165) is 30.0 Å². The van der Waals surface area contributed by atoms with Gasteiger partial charge in [0.2, 0.25) is 0 Å². The highest BCUT2D eigenvalue weighted by Gasteiger charge is 2.37. The summed E-state index contributed by atoms with van der Waals surface area (Å²) >= 11 is 1.53. The number of para-hydroxylation sites is 1.